The van der Waals surface area contributed by atoms with E-state index in [2.05, 4.69) is 30.6 Å². The molecule has 1 N–H and O–H groups in total. The molecular formula is C14H25N3. The number of likely N-dealkylation sites (N-methyl/N-ethyl adjacent to an activating group) is 1. The lowest BCUT2D eigenvalue weighted by Crippen LogP contribution is -2.34. The molecule has 0 saturated heterocycles. The van der Waals surface area contributed by atoms with E-state index in [0.29, 0.717) is 6.04 Å². The standard InChI is InChI=1S/C14H25N3/c1-4-11-5-6-13(7-11)14(15-2)8-12-9-16-17(3)10-12/h9-11,13-15H,4-8H2,1-3H3. The Labute approximate surface area is 105 Å². The number of aromatic nitrogens is 2. The van der Waals surface area contributed by atoms with E-state index in [4.69, 9.17) is 0 Å². The van der Waals surface area contributed by atoms with Crippen molar-refractivity contribution in [3.63, 3.8) is 0 Å². The first-order chi connectivity index (χ1) is 8.22. The Morgan fingerprint density at radius 2 is 2.35 bits per heavy atom. The van der Waals surface area contributed by atoms with Crippen LogP contribution in [0.5, 0.6) is 0 Å². The molecule has 0 radical (unpaired) electrons. The van der Waals surface area contributed by atoms with Gasteiger partial charge in [0.05, 0.1) is 6.20 Å². The highest BCUT2D eigenvalue weighted by atomic mass is 15.2. The lowest BCUT2D eigenvalue weighted by Gasteiger charge is -2.22. The third kappa shape index (κ3) is 3.09. The zero-order valence-corrected chi connectivity index (χ0v) is 11.3. The van der Waals surface area contributed by atoms with E-state index < -0.39 is 0 Å². The fraction of sp³-hybridized carbons (Fsp3) is 0.786. The minimum absolute atomic E-state index is 0.621. The van der Waals surface area contributed by atoms with Gasteiger partial charge in [-0.25, -0.2) is 0 Å². The van der Waals surface area contributed by atoms with E-state index in [1.165, 1.54) is 31.2 Å². The van der Waals surface area contributed by atoms with Crippen LogP contribution in [0.3, 0.4) is 0 Å². The highest BCUT2D eigenvalue weighted by molar-refractivity contribution is 5.07. The first-order valence-electron chi connectivity index (χ1n) is 6.87. The van der Waals surface area contributed by atoms with Crippen molar-refractivity contribution in [3.8, 4) is 0 Å². The molecule has 3 unspecified atom stereocenters. The predicted octanol–water partition coefficient (Wildman–Crippen LogP) is 2.38. The molecule has 1 aliphatic rings. The summed E-state index contributed by atoms with van der Waals surface area (Å²) in [6, 6.07) is 0.621. The van der Waals surface area contributed by atoms with E-state index in [1.54, 1.807) is 0 Å². The Kier molecular flexibility index (Phi) is 4.21. The monoisotopic (exact) mass is 235 g/mol. The van der Waals surface area contributed by atoms with Gasteiger partial charge in [-0.05, 0) is 43.7 Å². The molecule has 3 atom stereocenters. The highest BCUT2D eigenvalue weighted by Crippen LogP contribution is 2.35. The normalized spacial score (nSPS) is 26.3. The smallest absolute Gasteiger partial charge is 0.0522 e. The third-order valence-corrected chi connectivity index (χ3v) is 4.31. The predicted molar refractivity (Wildman–Crippen MR) is 70.9 cm³/mol. The fourth-order valence-electron chi connectivity index (χ4n) is 3.19. The molecule has 0 bridgehead atoms. The zero-order chi connectivity index (χ0) is 12.3. The summed E-state index contributed by atoms with van der Waals surface area (Å²) in [5.41, 5.74) is 1.35. The number of hydrogen-bond acceptors (Lipinski definition) is 2. The van der Waals surface area contributed by atoms with Gasteiger partial charge >= 0.3 is 0 Å². The van der Waals surface area contributed by atoms with Gasteiger partial charge in [-0.1, -0.05) is 19.8 Å². The first kappa shape index (κ1) is 12.6. The number of aryl methyl sites for hydroxylation is 1. The van der Waals surface area contributed by atoms with Crippen molar-refractivity contribution in [2.24, 2.45) is 18.9 Å². The van der Waals surface area contributed by atoms with Gasteiger partial charge in [-0.3, -0.25) is 4.68 Å². The molecule has 1 aromatic heterocycles. The van der Waals surface area contributed by atoms with Gasteiger partial charge in [0.1, 0.15) is 0 Å². The molecule has 1 aromatic rings. The summed E-state index contributed by atoms with van der Waals surface area (Å²) in [7, 11) is 4.08. The van der Waals surface area contributed by atoms with E-state index in [1.807, 2.05) is 17.9 Å². The van der Waals surface area contributed by atoms with Crippen molar-refractivity contribution in [1.29, 1.82) is 0 Å². The van der Waals surface area contributed by atoms with Gasteiger partial charge in [-0.2, -0.15) is 5.10 Å². The molecule has 0 aliphatic heterocycles. The second-order valence-corrected chi connectivity index (χ2v) is 5.47. The Morgan fingerprint density at radius 1 is 1.53 bits per heavy atom. The SMILES string of the molecule is CCC1CCC(C(Cc2cnn(C)c2)NC)C1. The van der Waals surface area contributed by atoms with Crippen LogP contribution in [-0.4, -0.2) is 22.9 Å². The molecule has 1 fully saturated rings. The summed E-state index contributed by atoms with van der Waals surface area (Å²) < 4.78 is 1.89. The van der Waals surface area contributed by atoms with Crippen LogP contribution >= 0.6 is 0 Å². The van der Waals surface area contributed by atoms with Crippen molar-refractivity contribution < 1.29 is 0 Å². The van der Waals surface area contributed by atoms with E-state index in [0.717, 1.165) is 18.3 Å². The number of nitrogens with one attached hydrogen (secondary N) is 1. The zero-order valence-electron chi connectivity index (χ0n) is 11.3. The molecular weight excluding hydrogens is 210 g/mol. The lowest BCUT2D eigenvalue weighted by molar-refractivity contribution is 0.361. The van der Waals surface area contributed by atoms with Crippen LogP contribution in [0.2, 0.25) is 0 Å². The fourth-order valence-corrected chi connectivity index (χ4v) is 3.19. The summed E-state index contributed by atoms with van der Waals surface area (Å²) >= 11 is 0. The maximum absolute atomic E-state index is 4.25. The van der Waals surface area contributed by atoms with Crippen LogP contribution in [0, 0.1) is 11.8 Å². The summed E-state index contributed by atoms with van der Waals surface area (Å²) in [5.74, 6) is 1.81. The molecule has 0 spiro atoms. The minimum Gasteiger partial charge on any atom is -0.316 e. The maximum atomic E-state index is 4.25. The van der Waals surface area contributed by atoms with Crippen molar-refractivity contribution in [3.05, 3.63) is 18.0 Å². The third-order valence-electron chi connectivity index (χ3n) is 4.31. The maximum Gasteiger partial charge on any atom is 0.0522 e. The van der Waals surface area contributed by atoms with Crippen LogP contribution in [-0.2, 0) is 13.5 Å². The molecule has 96 valence electrons. The second-order valence-electron chi connectivity index (χ2n) is 5.47. The summed E-state index contributed by atoms with van der Waals surface area (Å²) in [5, 5.41) is 7.76. The lowest BCUT2D eigenvalue weighted by atomic mass is 9.92. The Hall–Kier alpha value is -0.830. The summed E-state index contributed by atoms with van der Waals surface area (Å²) in [6.07, 6.45) is 10.8. The van der Waals surface area contributed by atoms with E-state index >= 15 is 0 Å². The average Bonchev–Trinajstić information content (AvgIpc) is 2.94. The molecule has 1 aliphatic carbocycles. The van der Waals surface area contributed by atoms with Gasteiger partial charge in [0.25, 0.3) is 0 Å². The van der Waals surface area contributed by atoms with Gasteiger partial charge < -0.3 is 5.32 Å². The van der Waals surface area contributed by atoms with Crippen molar-refractivity contribution in [1.82, 2.24) is 15.1 Å². The van der Waals surface area contributed by atoms with Crippen LogP contribution in [0.4, 0.5) is 0 Å². The largest absolute Gasteiger partial charge is 0.316 e. The second kappa shape index (κ2) is 5.67. The molecule has 2 rings (SSSR count). The first-order valence-corrected chi connectivity index (χ1v) is 6.87. The molecule has 0 amide bonds. The average molecular weight is 235 g/mol. The van der Waals surface area contributed by atoms with Gasteiger partial charge in [0, 0.05) is 19.3 Å². The van der Waals surface area contributed by atoms with Gasteiger partial charge in [0.15, 0.2) is 0 Å². The number of nitrogens with zero attached hydrogens (tertiary/aromatic N) is 2. The summed E-state index contributed by atoms with van der Waals surface area (Å²) in [4.78, 5) is 0. The number of hydrogen-bond donors (Lipinski definition) is 1. The number of rotatable bonds is 5. The Bertz CT molecular complexity index is 345. The van der Waals surface area contributed by atoms with Crippen LogP contribution in [0.15, 0.2) is 12.4 Å². The van der Waals surface area contributed by atoms with Crippen molar-refractivity contribution >= 4 is 0 Å². The Morgan fingerprint density at radius 3 is 2.88 bits per heavy atom. The topological polar surface area (TPSA) is 29.9 Å². The van der Waals surface area contributed by atoms with Crippen molar-refractivity contribution in [2.75, 3.05) is 7.05 Å². The molecule has 3 nitrogen and oxygen atoms in total. The van der Waals surface area contributed by atoms with E-state index in [-0.39, 0.29) is 0 Å². The minimum atomic E-state index is 0.621. The van der Waals surface area contributed by atoms with Crippen LogP contribution in [0.25, 0.3) is 0 Å². The van der Waals surface area contributed by atoms with Crippen LogP contribution in [0.1, 0.15) is 38.2 Å². The highest BCUT2D eigenvalue weighted by Gasteiger charge is 2.29. The Balaban J connectivity index is 1.93. The quantitative estimate of drug-likeness (QED) is 0.849. The molecule has 17 heavy (non-hydrogen) atoms. The molecule has 0 aromatic carbocycles. The molecule has 1 saturated carbocycles. The van der Waals surface area contributed by atoms with Gasteiger partial charge in [-0.15, -0.1) is 0 Å². The molecule has 1 heterocycles. The summed E-state index contributed by atoms with van der Waals surface area (Å²) in [6.45, 7) is 2.32. The van der Waals surface area contributed by atoms with Crippen LogP contribution < -0.4 is 5.32 Å². The van der Waals surface area contributed by atoms with Gasteiger partial charge in [0.2, 0.25) is 0 Å². The van der Waals surface area contributed by atoms with Crippen molar-refractivity contribution in [2.45, 2.75) is 45.1 Å². The van der Waals surface area contributed by atoms with E-state index in [9.17, 15) is 0 Å². The molecule has 3 heteroatoms.